The molecule has 0 amide bonds. The van der Waals surface area contributed by atoms with Crippen LogP contribution >= 0.6 is 0 Å². The molecule has 0 aliphatic heterocycles. The van der Waals surface area contributed by atoms with E-state index in [9.17, 15) is 9.90 Å². The van der Waals surface area contributed by atoms with Crippen LogP contribution in [0.1, 0.15) is 0 Å². The van der Waals surface area contributed by atoms with Crippen molar-refractivity contribution in [3.8, 4) is 5.88 Å². The number of carbonyl (C=O) groups is 1. The van der Waals surface area contributed by atoms with Gasteiger partial charge in [-0.25, -0.2) is 9.36 Å². The van der Waals surface area contributed by atoms with Gasteiger partial charge in [0.1, 0.15) is 0 Å². The molecule has 0 spiro atoms. The van der Waals surface area contributed by atoms with Gasteiger partial charge in [0, 0.05) is 11.5 Å². The molecule has 1 aromatic heterocycles. The highest BCUT2D eigenvalue weighted by atomic mass is 16.4. The first-order valence-electron chi connectivity index (χ1n) is 3.73. The van der Waals surface area contributed by atoms with Crippen molar-refractivity contribution in [3.63, 3.8) is 0 Å². The van der Waals surface area contributed by atoms with Crippen molar-refractivity contribution in [2.75, 3.05) is 0 Å². The smallest absolute Gasteiger partial charge is 0.418 e. The fourth-order valence-corrected chi connectivity index (χ4v) is 1.34. The van der Waals surface area contributed by atoms with Crippen LogP contribution in [-0.2, 0) is 0 Å². The minimum atomic E-state index is -1.18. The lowest BCUT2D eigenvalue weighted by Gasteiger charge is -1.97. The van der Waals surface area contributed by atoms with E-state index in [0.717, 1.165) is 4.57 Å². The topological polar surface area (TPSA) is 62.5 Å². The number of aromatic nitrogens is 1. The summed E-state index contributed by atoms with van der Waals surface area (Å²) in [5, 5.41) is 18.8. The van der Waals surface area contributed by atoms with Crippen molar-refractivity contribution < 1.29 is 15.0 Å². The predicted octanol–water partition coefficient (Wildman–Crippen LogP) is 1.87. The number of rotatable bonds is 0. The number of nitrogens with zero attached hydrogens (tertiary/aromatic N) is 1. The van der Waals surface area contributed by atoms with Crippen LogP contribution < -0.4 is 0 Å². The molecule has 1 aromatic carbocycles. The van der Waals surface area contributed by atoms with E-state index in [0.29, 0.717) is 10.9 Å². The quantitative estimate of drug-likeness (QED) is 0.645. The van der Waals surface area contributed by atoms with Crippen molar-refractivity contribution in [1.29, 1.82) is 0 Å². The first-order chi connectivity index (χ1) is 6.20. The van der Waals surface area contributed by atoms with Gasteiger partial charge in [0.2, 0.25) is 5.88 Å². The Kier molecular flexibility index (Phi) is 1.48. The van der Waals surface area contributed by atoms with Crippen molar-refractivity contribution >= 4 is 17.0 Å². The average Bonchev–Trinajstić information content (AvgIpc) is 2.39. The molecule has 4 nitrogen and oxygen atoms in total. The van der Waals surface area contributed by atoms with E-state index in [-0.39, 0.29) is 5.88 Å². The Bertz CT molecular complexity index is 473. The van der Waals surface area contributed by atoms with Crippen molar-refractivity contribution in [3.05, 3.63) is 30.3 Å². The van der Waals surface area contributed by atoms with Crippen LogP contribution in [-0.4, -0.2) is 20.9 Å². The van der Waals surface area contributed by atoms with Gasteiger partial charge in [-0.2, -0.15) is 0 Å². The SMILES string of the molecule is O=C(O)n1c(O)cc2ccccc21. The Morgan fingerprint density at radius 2 is 2.00 bits per heavy atom. The van der Waals surface area contributed by atoms with Gasteiger partial charge in [0.05, 0.1) is 5.52 Å². The summed E-state index contributed by atoms with van der Waals surface area (Å²) in [6.45, 7) is 0. The Hall–Kier alpha value is -1.97. The Morgan fingerprint density at radius 3 is 2.69 bits per heavy atom. The fraction of sp³-hybridized carbons (Fsp3) is 0. The zero-order chi connectivity index (χ0) is 9.42. The number of carboxylic acid groups (broad SMARTS) is 1. The molecule has 66 valence electrons. The molecule has 0 bridgehead atoms. The first kappa shape index (κ1) is 7.67. The highest BCUT2D eigenvalue weighted by Crippen LogP contribution is 2.23. The summed E-state index contributed by atoms with van der Waals surface area (Å²) in [4.78, 5) is 10.7. The van der Waals surface area contributed by atoms with Gasteiger partial charge >= 0.3 is 6.09 Å². The predicted molar refractivity (Wildman–Crippen MR) is 47.0 cm³/mol. The standard InChI is InChI=1S/C9H7NO3/c11-8-5-6-3-1-2-4-7(6)10(8)9(12)13/h1-5,11H,(H,12,13). The van der Waals surface area contributed by atoms with Gasteiger partial charge < -0.3 is 10.2 Å². The van der Waals surface area contributed by atoms with Gasteiger partial charge in [-0.3, -0.25) is 0 Å². The summed E-state index contributed by atoms with van der Waals surface area (Å²) in [5.41, 5.74) is 0.493. The van der Waals surface area contributed by atoms with E-state index in [1.54, 1.807) is 24.3 Å². The molecule has 13 heavy (non-hydrogen) atoms. The van der Waals surface area contributed by atoms with E-state index >= 15 is 0 Å². The number of hydrogen-bond acceptors (Lipinski definition) is 2. The number of benzene rings is 1. The zero-order valence-corrected chi connectivity index (χ0v) is 6.64. The maximum Gasteiger partial charge on any atom is 0.418 e. The summed E-state index contributed by atoms with van der Waals surface area (Å²) in [6, 6.07) is 8.32. The molecule has 0 saturated heterocycles. The van der Waals surface area contributed by atoms with E-state index in [1.165, 1.54) is 6.07 Å². The minimum Gasteiger partial charge on any atom is -0.494 e. The summed E-state index contributed by atoms with van der Waals surface area (Å²) < 4.78 is 0.843. The maximum absolute atomic E-state index is 10.7. The third-order valence-electron chi connectivity index (χ3n) is 1.88. The highest BCUT2D eigenvalue weighted by Gasteiger charge is 2.11. The third kappa shape index (κ3) is 1.03. The Labute approximate surface area is 73.6 Å². The molecule has 0 atom stereocenters. The highest BCUT2D eigenvalue weighted by molar-refractivity contribution is 5.91. The Balaban J connectivity index is 2.86. The van der Waals surface area contributed by atoms with Crippen molar-refractivity contribution in [1.82, 2.24) is 4.57 Å². The van der Waals surface area contributed by atoms with Gasteiger partial charge in [-0.05, 0) is 6.07 Å². The minimum absolute atomic E-state index is 0.256. The molecule has 2 aromatic rings. The molecule has 0 saturated carbocycles. The molecular weight excluding hydrogens is 170 g/mol. The number of hydrogen-bond donors (Lipinski definition) is 2. The van der Waals surface area contributed by atoms with E-state index in [2.05, 4.69) is 0 Å². The third-order valence-corrected chi connectivity index (χ3v) is 1.88. The van der Waals surface area contributed by atoms with Crippen LogP contribution in [0.3, 0.4) is 0 Å². The second-order valence-corrected chi connectivity index (χ2v) is 2.68. The molecule has 0 fully saturated rings. The van der Waals surface area contributed by atoms with E-state index in [1.807, 2.05) is 0 Å². The number of para-hydroxylation sites is 1. The molecule has 4 heteroatoms. The van der Waals surface area contributed by atoms with Gasteiger partial charge in [0.15, 0.2) is 0 Å². The molecule has 0 radical (unpaired) electrons. The van der Waals surface area contributed by atoms with Crippen LogP contribution in [0.4, 0.5) is 4.79 Å². The second-order valence-electron chi connectivity index (χ2n) is 2.68. The van der Waals surface area contributed by atoms with Crippen LogP contribution in [0.15, 0.2) is 30.3 Å². The normalized spacial score (nSPS) is 10.5. The lowest BCUT2D eigenvalue weighted by Crippen LogP contribution is -2.06. The van der Waals surface area contributed by atoms with Gasteiger partial charge in [0.25, 0.3) is 0 Å². The van der Waals surface area contributed by atoms with Crippen LogP contribution in [0.2, 0.25) is 0 Å². The summed E-state index contributed by atoms with van der Waals surface area (Å²) in [6.07, 6.45) is -1.18. The summed E-state index contributed by atoms with van der Waals surface area (Å²) >= 11 is 0. The molecule has 0 aliphatic carbocycles. The van der Waals surface area contributed by atoms with E-state index < -0.39 is 6.09 Å². The maximum atomic E-state index is 10.7. The van der Waals surface area contributed by atoms with Gasteiger partial charge in [-0.15, -0.1) is 0 Å². The van der Waals surface area contributed by atoms with Crippen molar-refractivity contribution in [2.45, 2.75) is 0 Å². The molecule has 2 rings (SSSR count). The largest absolute Gasteiger partial charge is 0.494 e. The zero-order valence-electron chi connectivity index (χ0n) is 6.64. The summed E-state index contributed by atoms with van der Waals surface area (Å²) in [5.74, 6) is -0.256. The lowest BCUT2D eigenvalue weighted by molar-refractivity contribution is 0.194. The number of aromatic hydroxyl groups is 1. The monoisotopic (exact) mass is 177 g/mol. The van der Waals surface area contributed by atoms with E-state index in [4.69, 9.17) is 5.11 Å². The van der Waals surface area contributed by atoms with Crippen molar-refractivity contribution in [2.24, 2.45) is 0 Å². The first-order valence-corrected chi connectivity index (χ1v) is 3.73. The van der Waals surface area contributed by atoms with Gasteiger partial charge in [-0.1, -0.05) is 18.2 Å². The Morgan fingerprint density at radius 1 is 1.31 bits per heavy atom. The average molecular weight is 177 g/mol. The molecule has 0 unspecified atom stereocenters. The van der Waals surface area contributed by atoms with Crippen LogP contribution in [0, 0.1) is 0 Å². The van der Waals surface area contributed by atoms with Crippen LogP contribution in [0.5, 0.6) is 5.88 Å². The molecule has 1 heterocycles. The number of fused-ring (bicyclic) bond motifs is 1. The lowest BCUT2D eigenvalue weighted by atomic mass is 10.2. The van der Waals surface area contributed by atoms with Crippen LogP contribution in [0.25, 0.3) is 10.9 Å². The second kappa shape index (κ2) is 2.52. The molecular formula is C9H7NO3. The molecule has 0 aliphatic rings. The fourth-order valence-electron chi connectivity index (χ4n) is 1.34. The summed E-state index contributed by atoms with van der Waals surface area (Å²) in [7, 11) is 0. The molecule has 2 N–H and O–H groups in total.